The Morgan fingerprint density at radius 3 is 2.42 bits per heavy atom. The molecule has 0 aliphatic carbocycles. The lowest BCUT2D eigenvalue weighted by atomic mass is 9.97. The Hall–Kier alpha value is -3.60. The van der Waals surface area contributed by atoms with E-state index in [0.29, 0.717) is 30.2 Å². The highest BCUT2D eigenvalue weighted by atomic mass is 32.2. The number of carbonyl (C=O) groups is 1. The molecule has 2 aromatic carbocycles. The number of halogens is 3. The zero-order valence-corrected chi connectivity index (χ0v) is 21.8. The molecule has 7 nitrogen and oxygen atoms in total. The normalized spacial score (nSPS) is 15.9. The third-order valence-electron chi connectivity index (χ3n) is 6.63. The molecule has 1 aliphatic heterocycles. The van der Waals surface area contributed by atoms with Crippen molar-refractivity contribution in [1.29, 1.82) is 0 Å². The van der Waals surface area contributed by atoms with Crippen LogP contribution in [-0.2, 0) is 22.6 Å². The van der Waals surface area contributed by atoms with Crippen LogP contribution in [0.1, 0.15) is 46.3 Å². The molecule has 3 aromatic rings. The molecule has 1 atom stereocenters. The monoisotopic (exact) mass is 547 g/mol. The molecule has 0 radical (unpaired) electrons. The van der Waals surface area contributed by atoms with E-state index in [2.05, 4.69) is 10.3 Å². The summed E-state index contributed by atoms with van der Waals surface area (Å²) in [6.45, 7) is 2.99. The summed E-state index contributed by atoms with van der Waals surface area (Å²) in [7, 11) is -1.81. The van der Waals surface area contributed by atoms with Crippen LogP contribution in [0.25, 0.3) is 0 Å². The van der Waals surface area contributed by atoms with Crippen molar-refractivity contribution in [1.82, 2.24) is 10.3 Å². The molecule has 1 unspecified atom stereocenters. The van der Waals surface area contributed by atoms with Gasteiger partial charge in [0.25, 0.3) is 5.91 Å². The predicted octanol–water partition coefficient (Wildman–Crippen LogP) is 4.83. The zero-order chi connectivity index (χ0) is 27.5. The van der Waals surface area contributed by atoms with Gasteiger partial charge in [-0.05, 0) is 47.9 Å². The molecule has 1 saturated heterocycles. The molecule has 38 heavy (non-hydrogen) atoms. The van der Waals surface area contributed by atoms with Crippen LogP contribution in [0.3, 0.4) is 0 Å². The largest absolute Gasteiger partial charge is 0.493 e. The van der Waals surface area contributed by atoms with Crippen LogP contribution in [0.15, 0.2) is 65.7 Å². The molecule has 4 rings (SSSR count). The Morgan fingerprint density at radius 2 is 1.82 bits per heavy atom. The average molecular weight is 548 g/mol. The van der Waals surface area contributed by atoms with Gasteiger partial charge in [-0.1, -0.05) is 31.2 Å². The summed E-state index contributed by atoms with van der Waals surface area (Å²) in [5.74, 6) is 0.675. The molecular weight excluding hydrogens is 519 g/mol. The maximum atomic E-state index is 12.9. The number of benzene rings is 2. The molecule has 202 valence electrons. The summed E-state index contributed by atoms with van der Waals surface area (Å²) < 4.78 is 68.0. The Labute approximate surface area is 219 Å². The maximum absolute atomic E-state index is 12.9. The molecule has 1 aliphatic rings. The minimum atomic E-state index is -4.37. The Morgan fingerprint density at radius 1 is 1.13 bits per heavy atom. The van der Waals surface area contributed by atoms with E-state index in [-0.39, 0.29) is 29.0 Å². The first kappa shape index (κ1) is 27.4. The summed E-state index contributed by atoms with van der Waals surface area (Å²) in [5.41, 5.74) is 1.20. The number of anilines is 1. The van der Waals surface area contributed by atoms with Crippen molar-refractivity contribution in [3.63, 3.8) is 0 Å². The van der Waals surface area contributed by atoms with Gasteiger partial charge in [-0.2, -0.15) is 13.2 Å². The number of aromatic nitrogens is 1. The number of pyridine rings is 1. The second kappa shape index (κ2) is 11.0. The van der Waals surface area contributed by atoms with Crippen molar-refractivity contribution in [3.05, 3.63) is 83.0 Å². The molecule has 11 heteroatoms. The number of rotatable bonds is 8. The van der Waals surface area contributed by atoms with Gasteiger partial charge in [-0.3, -0.25) is 4.79 Å². The van der Waals surface area contributed by atoms with Crippen LogP contribution in [0.2, 0.25) is 0 Å². The van der Waals surface area contributed by atoms with E-state index in [1.54, 1.807) is 25.1 Å². The first-order valence-electron chi connectivity index (χ1n) is 12.1. The third kappa shape index (κ3) is 6.09. The number of hydrogen-bond donors (Lipinski definition) is 1. The van der Waals surface area contributed by atoms with Gasteiger partial charge >= 0.3 is 6.18 Å². The van der Waals surface area contributed by atoms with E-state index in [1.165, 1.54) is 37.6 Å². The van der Waals surface area contributed by atoms with Gasteiger partial charge in [0, 0.05) is 31.7 Å². The smallest absolute Gasteiger partial charge is 0.416 e. The quantitative estimate of drug-likeness (QED) is 0.435. The number of hydrogen-bond acceptors (Lipinski definition) is 6. The summed E-state index contributed by atoms with van der Waals surface area (Å²) in [4.78, 5) is 19.4. The fraction of sp³-hybridized carbons (Fsp3) is 0.333. The fourth-order valence-corrected chi connectivity index (χ4v) is 5.27. The van der Waals surface area contributed by atoms with E-state index >= 15 is 0 Å². The highest BCUT2D eigenvalue weighted by molar-refractivity contribution is 7.91. The second-order valence-electron chi connectivity index (χ2n) is 9.03. The van der Waals surface area contributed by atoms with E-state index in [4.69, 9.17) is 4.74 Å². The topological polar surface area (TPSA) is 88.6 Å². The molecule has 1 N–H and O–H groups in total. The fourth-order valence-electron chi connectivity index (χ4n) is 4.38. The van der Waals surface area contributed by atoms with Crippen LogP contribution < -0.4 is 15.0 Å². The molecule has 0 spiro atoms. The first-order chi connectivity index (χ1) is 18.0. The second-order valence-corrected chi connectivity index (χ2v) is 11.3. The number of carbonyl (C=O) groups excluding carboxylic acids is 1. The van der Waals surface area contributed by atoms with E-state index in [0.717, 1.165) is 29.7 Å². The van der Waals surface area contributed by atoms with E-state index in [1.807, 2.05) is 4.90 Å². The van der Waals surface area contributed by atoms with E-state index < -0.39 is 21.6 Å². The summed E-state index contributed by atoms with van der Waals surface area (Å²) in [6, 6.07) is 13.2. The number of sulfone groups is 1. The van der Waals surface area contributed by atoms with Crippen molar-refractivity contribution in [2.45, 2.75) is 36.9 Å². The van der Waals surface area contributed by atoms with Gasteiger partial charge in [0.15, 0.2) is 21.4 Å². The number of nitrogens with one attached hydrogen (secondary N) is 1. The van der Waals surface area contributed by atoms with Crippen molar-refractivity contribution in [3.8, 4) is 5.75 Å². The summed E-state index contributed by atoms with van der Waals surface area (Å²) >= 11 is 0. The number of ether oxygens (including phenoxy) is 1. The minimum absolute atomic E-state index is 0.0149. The van der Waals surface area contributed by atoms with Crippen molar-refractivity contribution < 1.29 is 31.1 Å². The summed E-state index contributed by atoms with van der Waals surface area (Å²) in [5, 5.41) is 2.79. The average Bonchev–Trinajstić information content (AvgIpc) is 3.41. The molecule has 0 saturated carbocycles. The minimum Gasteiger partial charge on any atom is -0.493 e. The third-order valence-corrected chi connectivity index (χ3v) is 8.38. The Bertz CT molecular complexity index is 1390. The van der Waals surface area contributed by atoms with E-state index in [9.17, 15) is 26.4 Å². The number of methoxy groups -OCH3 is 1. The first-order valence-corrected chi connectivity index (χ1v) is 13.7. The van der Waals surface area contributed by atoms with Crippen molar-refractivity contribution >= 4 is 21.6 Å². The van der Waals surface area contributed by atoms with Crippen LogP contribution >= 0.6 is 0 Å². The number of alkyl halides is 3. The van der Waals surface area contributed by atoms with Crippen molar-refractivity contribution in [2.24, 2.45) is 0 Å². The van der Waals surface area contributed by atoms with Crippen LogP contribution in [0.5, 0.6) is 5.75 Å². The predicted molar refractivity (Wildman–Crippen MR) is 137 cm³/mol. The van der Waals surface area contributed by atoms with Gasteiger partial charge in [0.1, 0.15) is 0 Å². The zero-order valence-electron chi connectivity index (χ0n) is 21.0. The molecule has 1 fully saturated rings. The van der Waals surface area contributed by atoms with Gasteiger partial charge < -0.3 is 15.0 Å². The standard InChI is InChI=1S/C27H28F3N3O4S/c1-3-38(35,36)23-10-4-18(5-11-23)15-32-26(34)21-14-24(37-2)25(31-16-21)33-13-12-20(17-33)19-6-8-22(9-7-19)27(28,29)30/h4-11,14,16,20H,3,12-13,15,17H2,1-2H3,(H,32,34). The molecule has 1 amide bonds. The SMILES string of the molecule is CCS(=O)(=O)c1ccc(CNC(=O)c2cnc(N3CCC(c4ccc(C(F)(F)F)cc4)C3)c(OC)c2)cc1. The molecule has 2 heterocycles. The Kier molecular flexibility index (Phi) is 7.96. The number of amides is 1. The lowest BCUT2D eigenvalue weighted by Crippen LogP contribution is -2.24. The van der Waals surface area contributed by atoms with Gasteiger partial charge in [0.05, 0.1) is 28.9 Å². The lowest BCUT2D eigenvalue weighted by molar-refractivity contribution is -0.137. The molecule has 1 aromatic heterocycles. The van der Waals surface area contributed by atoms with Gasteiger partial charge in [-0.25, -0.2) is 13.4 Å². The maximum Gasteiger partial charge on any atom is 0.416 e. The van der Waals surface area contributed by atoms with Gasteiger partial charge in [0.2, 0.25) is 0 Å². The number of nitrogens with zero attached hydrogens (tertiary/aromatic N) is 2. The highest BCUT2D eigenvalue weighted by Crippen LogP contribution is 2.36. The van der Waals surface area contributed by atoms with Crippen LogP contribution in [0, 0.1) is 0 Å². The Balaban J connectivity index is 1.40. The highest BCUT2D eigenvalue weighted by Gasteiger charge is 2.31. The molecule has 0 bridgehead atoms. The van der Waals surface area contributed by atoms with Crippen LogP contribution in [0.4, 0.5) is 19.0 Å². The lowest BCUT2D eigenvalue weighted by Gasteiger charge is -2.21. The van der Waals surface area contributed by atoms with Gasteiger partial charge in [-0.15, -0.1) is 0 Å². The van der Waals surface area contributed by atoms with Crippen molar-refractivity contribution in [2.75, 3.05) is 30.9 Å². The molecular formula is C27H28F3N3O4S. The van der Waals surface area contributed by atoms with Crippen LogP contribution in [-0.4, -0.2) is 45.3 Å². The summed E-state index contributed by atoms with van der Waals surface area (Å²) in [6.07, 6.45) is -2.17.